The molecule has 0 saturated carbocycles. The summed E-state index contributed by atoms with van der Waals surface area (Å²) >= 11 is 1.11. The Kier molecular flexibility index (Phi) is 5.96. The monoisotopic (exact) mass is 352 g/mol. The van der Waals surface area contributed by atoms with Crippen LogP contribution in [0.3, 0.4) is 0 Å². The van der Waals surface area contributed by atoms with Crippen LogP contribution in [0.25, 0.3) is 0 Å². The lowest BCUT2D eigenvalue weighted by molar-refractivity contribution is -0.139. The molecule has 9 heteroatoms. The number of carbonyl (C=O) groups is 3. The average molecular weight is 352 g/mol. The number of anilines is 1. The normalized spacial score (nSPS) is 10.1. The first-order chi connectivity index (χ1) is 11.5. The van der Waals surface area contributed by atoms with Crippen LogP contribution in [-0.4, -0.2) is 36.5 Å². The molecule has 0 saturated heterocycles. The minimum atomic E-state index is -0.936. The molecule has 1 N–H and O–H groups in total. The molecule has 1 aromatic carbocycles. The Bertz CT molecular complexity index is 762. The molecular formula is C15H13FN2O5S. The second-order valence-corrected chi connectivity index (χ2v) is 5.36. The number of nitrogens with one attached hydrogen (secondary N) is 1. The highest BCUT2D eigenvalue weighted by atomic mass is 32.1. The van der Waals surface area contributed by atoms with E-state index in [4.69, 9.17) is 4.74 Å². The molecule has 0 aliphatic heterocycles. The maximum absolute atomic E-state index is 13.4. The van der Waals surface area contributed by atoms with Gasteiger partial charge in [0.25, 0.3) is 5.91 Å². The highest BCUT2D eigenvalue weighted by Gasteiger charge is 2.15. The molecule has 7 nitrogen and oxygen atoms in total. The van der Waals surface area contributed by atoms with Crippen molar-refractivity contribution in [2.24, 2.45) is 0 Å². The summed E-state index contributed by atoms with van der Waals surface area (Å²) in [6.07, 6.45) is -0.00879. The van der Waals surface area contributed by atoms with Gasteiger partial charge in [-0.15, -0.1) is 11.3 Å². The number of hydrogen-bond donors (Lipinski definition) is 1. The fourth-order valence-electron chi connectivity index (χ4n) is 1.66. The number of hydrogen-bond acceptors (Lipinski definition) is 7. The number of methoxy groups -OCH3 is 1. The van der Waals surface area contributed by atoms with Crippen molar-refractivity contribution in [3.05, 3.63) is 46.7 Å². The van der Waals surface area contributed by atoms with Crippen molar-refractivity contribution in [1.29, 1.82) is 0 Å². The number of nitrogens with zero attached hydrogens (tertiary/aromatic N) is 1. The number of esters is 2. The Morgan fingerprint density at radius 2 is 2.04 bits per heavy atom. The van der Waals surface area contributed by atoms with Gasteiger partial charge in [0.2, 0.25) is 0 Å². The number of ether oxygens (including phenoxy) is 2. The largest absolute Gasteiger partial charge is 0.469 e. The molecule has 0 fully saturated rings. The summed E-state index contributed by atoms with van der Waals surface area (Å²) < 4.78 is 22.7. The van der Waals surface area contributed by atoms with E-state index in [2.05, 4.69) is 15.0 Å². The Morgan fingerprint density at radius 3 is 2.75 bits per heavy atom. The first-order valence-electron chi connectivity index (χ1n) is 6.72. The van der Waals surface area contributed by atoms with Gasteiger partial charge >= 0.3 is 11.9 Å². The van der Waals surface area contributed by atoms with E-state index >= 15 is 0 Å². The minimum Gasteiger partial charge on any atom is -0.469 e. The van der Waals surface area contributed by atoms with Crippen molar-refractivity contribution in [2.45, 2.75) is 6.42 Å². The second-order valence-electron chi connectivity index (χ2n) is 4.50. The Labute approximate surface area is 140 Å². The molecule has 0 unspecified atom stereocenters. The topological polar surface area (TPSA) is 94.6 Å². The van der Waals surface area contributed by atoms with Crippen LogP contribution in [0, 0.1) is 5.82 Å². The van der Waals surface area contributed by atoms with Crippen LogP contribution in [0.5, 0.6) is 0 Å². The third-order valence-electron chi connectivity index (χ3n) is 2.78. The molecule has 0 radical (unpaired) electrons. The third kappa shape index (κ3) is 4.85. The van der Waals surface area contributed by atoms with Crippen LogP contribution < -0.4 is 5.32 Å². The van der Waals surface area contributed by atoms with Crippen LogP contribution in [0.15, 0.2) is 29.6 Å². The summed E-state index contributed by atoms with van der Waals surface area (Å²) in [4.78, 5) is 38.5. The fraction of sp³-hybridized carbons (Fsp3) is 0.200. The Balaban J connectivity index is 1.84. The van der Waals surface area contributed by atoms with Crippen molar-refractivity contribution < 1.29 is 28.2 Å². The van der Waals surface area contributed by atoms with E-state index in [1.54, 1.807) is 5.38 Å². The highest BCUT2D eigenvalue weighted by Crippen LogP contribution is 2.16. The molecule has 0 bridgehead atoms. The number of carbonyl (C=O) groups excluding carboxylic acids is 3. The average Bonchev–Trinajstić information content (AvgIpc) is 2.99. The van der Waals surface area contributed by atoms with Gasteiger partial charge in [-0.25, -0.2) is 14.2 Å². The maximum atomic E-state index is 13.4. The Hall–Kier alpha value is -2.81. The van der Waals surface area contributed by atoms with E-state index in [1.165, 1.54) is 25.3 Å². The number of rotatable bonds is 6. The van der Waals surface area contributed by atoms with Gasteiger partial charge in [0.15, 0.2) is 11.7 Å². The third-order valence-corrected chi connectivity index (χ3v) is 3.59. The first kappa shape index (κ1) is 17.5. The molecule has 126 valence electrons. The summed E-state index contributed by atoms with van der Waals surface area (Å²) in [7, 11) is 1.27. The molecule has 1 heterocycles. The predicted molar refractivity (Wildman–Crippen MR) is 83.1 cm³/mol. The molecule has 0 spiro atoms. The number of amides is 1. The zero-order valence-electron chi connectivity index (χ0n) is 12.6. The fourth-order valence-corrected chi connectivity index (χ4v) is 2.38. The van der Waals surface area contributed by atoms with E-state index in [1.807, 2.05) is 0 Å². The molecule has 1 aromatic heterocycles. The highest BCUT2D eigenvalue weighted by molar-refractivity contribution is 7.13. The van der Waals surface area contributed by atoms with Gasteiger partial charge < -0.3 is 9.47 Å². The zero-order chi connectivity index (χ0) is 17.5. The summed E-state index contributed by atoms with van der Waals surface area (Å²) in [5.74, 6) is -2.74. The van der Waals surface area contributed by atoms with Crippen LogP contribution >= 0.6 is 11.3 Å². The maximum Gasteiger partial charge on any atom is 0.341 e. The molecule has 0 aliphatic carbocycles. The van der Waals surface area contributed by atoms with Gasteiger partial charge in [-0.1, -0.05) is 12.1 Å². The van der Waals surface area contributed by atoms with Crippen molar-refractivity contribution in [1.82, 2.24) is 4.98 Å². The van der Waals surface area contributed by atoms with Gasteiger partial charge in [-0.2, -0.15) is 0 Å². The van der Waals surface area contributed by atoms with E-state index in [9.17, 15) is 18.8 Å². The predicted octanol–water partition coefficient (Wildman–Crippen LogP) is 1.79. The number of benzene rings is 1. The van der Waals surface area contributed by atoms with Gasteiger partial charge in [-0.05, 0) is 12.1 Å². The van der Waals surface area contributed by atoms with Gasteiger partial charge in [0.05, 0.1) is 24.8 Å². The quantitative estimate of drug-likeness (QED) is 0.797. The second kappa shape index (κ2) is 8.16. The lowest BCUT2D eigenvalue weighted by Gasteiger charge is -2.05. The van der Waals surface area contributed by atoms with Crippen molar-refractivity contribution in [2.75, 3.05) is 19.0 Å². The summed E-state index contributed by atoms with van der Waals surface area (Å²) in [6.45, 7) is -0.584. The number of halogens is 1. The van der Waals surface area contributed by atoms with Crippen LogP contribution in [0.4, 0.5) is 9.52 Å². The van der Waals surface area contributed by atoms with Crippen molar-refractivity contribution >= 4 is 34.3 Å². The molecule has 0 aliphatic rings. The smallest absolute Gasteiger partial charge is 0.341 e. The zero-order valence-corrected chi connectivity index (χ0v) is 13.4. The minimum absolute atomic E-state index is 0.00879. The van der Waals surface area contributed by atoms with E-state index in [0.29, 0.717) is 5.69 Å². The standard InChI is InChI=1S/C15H13FN2O5S/c1-22-13(20)6-9-8-24-15(17-9)18-12(19)7-23-14(21)10-4-2-3-5-11(10)16/h2-5,8H,6-7H2,1H3,(H,17,18,19). The molecule has 2 rings (SSSR count). The SMILES string of the molecule is COC(=O)Cc1csc(NC(=O)COC(=O)c2ccccc2F)n1. The van der Waals surface area contributed by atoms with Crippen LogP contribution in [-0.2, 0) is 25.5 Å². The summed E-state index contributed by atoms with van der Waals surface area (Å²) in [6, 6.07) is 5.30. The Morgan fingerprint density at radius 1 is 1.29 bits per heavy atom. The van der Waals surface area contributed by atoms with Crippen LogP contribution in [0.1, 0.15) is 16.1 Å². The lowest BCUT2D eigenvalue weighted by atomic mass is 10.2. The molecule has 1 amide bonds. The molecular weight excluding hydrogens is 339 g/mol. The molecule has 2 aromatic rings. The molecule has 24 heavy (non-hydrogen) atoms. The van der Waals surface area contributed by atoms with Gasteiger partial charge in [0.1, 0.15) is 5.82 Å². The summed E-state index contributed by atoms with van der Waals surface area (Å²) in [5.41, 5.74) is 0.199. The van der Waals surface area contributed by atoms with E-state index < -0.39 is 30.3 Å². The van der Waals surface area contributed by atoms with Crippen molar-refractivity contribution in [3.63, 3.8) is 0 Å². The lowest BCUT2D eigenvalue weighted by Crippen LogP contribution is -2.21. The van der Waals surface area contributed by atoms with Crippen LogP contribution in [0.2, 0.25) is 0 Å². The van der Waals surface area contributed by atoms with E-state index in [0.717, 1.165) is 17.4 Å². The summed E-state index contributed by atoms with van der Waals surface area (Å²) in [5, 5.41) is 4.27. The molecule has 0 atom stereocenters. The van der Waals surface area contributed by atoms with E-state index in [-0.39, 0.29) is 17.1 Å². The number of aromatic nitrogens is 1. The number of thiazole rings is 1. The van der Waals surface area contributed by atoms with Crippen molar-refractivity contribution in [3.8, 4) is 0 Å². The first-order valence-corrected chi connectivity index (χ1v) is 7.60. The van der Waals surface area contributed by atoms with Gasteiger partial charge in [-0.3, -0.25) is 14.9 Å². The van der Waals surface area contributed by atoms with Gasteiger partial charge in [0, 0.05) is 5.38 Å².